The van der Waals surface area contributed by atoms with Crippen LogP contribution in [0.15, 0.2) is 60.7 Å². The molecule has 0 aliphatic carbocycles. The minimum atomic E-state index is -0.346. The summed E-state index contributed by atoms with van der Waals surface area (Å²) >= 11 is 0. The number of carbonyl (C=O) groups is 2. The van der Waals surface area contributed by atoms with Crippen LogP contribution in [0.4, 0.5) is 5.69 Å². The summed E-state index contributed by atoms with van der Waals surface area (Å²) < 4.78 is 6.01. The van der Waals surface area contributed by atoms with Crippen molar-refractivity contribution < 1.29 is 14.3 Å². The van der Waals surface area contributed by atoms with Crippen LogP contribution in [0.3, 0.4) is 0 Å². The van der Waals surface area contributed by atoms with Crippen molar-refractivity contribution in [1.29, 1.82) is 0 Å². The molecule has 0 aromatic heterocycles. The van der Waals surface area contributed by atoms with Gasteiger partial charge in [-0.2, -0.15) is 0 Å². The van der Waals surface area contributed by atoms with Gasteiger partial charge in [0.2, 0.25) is 11.8 Å². The number of benzene rings is 2. The van der Waals surface area contributed by atoms with Crippen LogP contribution in [-0.2, 0) is 20.9 Å². The van der Waals surface area contributed by atoms with Crippen LogP contribution in [0.2, 0.25) is 0 Å². The highest BCUT2D eigenvalue weighted by Gasteiger charge is 2.45. The molecule has 1 heterocycles. The van der Waals surface area contributed by atoms with E-state index in [1.807, 2.05) is 81.4 Å². The molecule has 0 unspecified atom stereocenters. The zero-order valence-electron chi connectivity index (χ0n) is 19.7. The Morgan fingerprint density at radius 3 is 2.34 bits per heavy atom. The lowest BCUT2D eigenvalue weighted by atomic mass is 10.0. The molecular formula is C26H35N3O3. The van der Waals surface area contributed by atoms with Gasteiger partial charge in [-0.05, 0) is 31.5 Å². The van der Waals surface area contributed by atoms with Crippen LogP contribution in [-0.4, -0.2) is 54.1 Å². The monoisotopic (exact) mass is 437 g/mol. The molecule has 2 aromatic rings. The topological polar surface area (TPSA) is 53.1 Å². The van der Waals surface area contributed by atoms with Gasteiger partial charge in [0.25, 0.3) is 0 Å². The first-order valence-corrected chi connectivity index (χ1v) is 11.3. The molecule has 6 heteroatoms. The normalized spacial score (nSPS) is 16.9. The molecule has 3 rings (SSSR count). The molecule has 6 nitrogen and oxygen atoms in total. The predicted molar refractivity (Wildman–Crippen MR) is 127 cm³/mol. The van der Waals surface area contributed by atoms with Crippen LogP contribution in [0.1, 0.15) is 39.2 Å². The van der Waals surface area contributed by atoms with E-state index in [1.54, 1.807) is 0 Å². The zero-order chi connectivity index (χ0) is 23.1. The highest BCUT2D eigenvalue weighted by Crippen LogP contribution is 2.30. The van der Waals surface area contributed by atoms with Gasteiger partial charge >= 0.3 is 0 Å². The summed E-state index contributed by atoms with van der Waals surface area (Å²) in [6, 6.07) is 20.1. The molecule has 1 atom stereocenters. The van der Waals surface area contributed by atoms with Crippen molar-refractivity contribution >= 4 is 17.5 Å². The van der Waals surface area contributed by atoms with Crippen LogP contribution in [0.25, 0.3) is 0 Å². The van der Waals surface area contributed by atoms with E-state index >= 15 is 0 Å². The number of rotatable bonds is 10. The van der Waals surface area contributed by atoms with Crippen molar-refractivity contribution in [3.05, 3.63) is 66.2 Å². The summed E-state index contributed by atoms with van der Waals surface area (Å²) in [6.07, 6.45) is 0.607. The van der Waals surface area contributed by atoms with Crippen molar-refractivity contribution in [3.8, 4) is 0 Å². The number of ether oxygens (including phenoxy) is 1. The second-order valence-electron chi connectivity index (χ2n) is 9.09. The maximum atomic E-state index is 13.3. The Labute approximate surface area is 191 Å². The first-order chi connectivity index (χ1) is 15.3. The Morgan fingerprint density at radius 1 is 1.09 bits per heavy atom. The van der Waals surface area contributed by atoms with Crippen molar-refractivity contribution in [2.45, 2.75) is 45.8 Å². The Balaban J connectivity index is 1.69. The zero-order valence-corrected chi connectivity index (χ0v) is 19.7. The predicted octanol–water partition coefficient (Wildman–Crippen LogP) is 4.12. The first-order valence-electron chi connectivity index (χ1n) is 11.3. The van der Waals surface area contributed by atoms with Gasteiger partial charge in [0.15, 0.2) is 0 Å². The number of hydrogen-bond donors (Lipinski definition) is 0. The second kappa shape index (κ2) is 10.7. The van der Waals surface area contributed by atoms with Gasteiger partial charge in [0, 0.05) is 50.1 Å². The third-order valence-corrected chi connectivity index (χ3v) is 5.95. The molecule has 32 heavy (non-hydrogen) atoms. The van der Waals surface area contributed by atoms with Crippen LogP contribution in [0.5, 0.6) is 0 Å². The van der Waals surface area contributed by atoms with Crippen molar-refractivity contribution in [2.75, 3.05) is 31.6 Å². The lowest BCUT2D eigenvalue weighted by Crippen LogP contribution is -2.50. The Morgan fingerprint density at radius 2 is 1.72 bits per heavy atom. The average molecular weight is 438 g/mol. The summed E-state index contributed by atoms with van der Waals surface area (Å²) in [7, 11) is 2.02. The maximum Gasteiger partial charge on any atom is 0.245 e. The standard InChI is InChI=1S/C26H35N3O3/c1-5-28-26(2,3)17-25(31)29(28)24(30)16-22(18-27(4)23-14-10-7-11-15-23)20-32-19-21-12-8-6-9-13-21/h6-15,22H,5,16-20H2,1-4H3/t22-/m0/s1. The number of para-hydroxylation sites is 1. The summed E-state index contributed by atoms with van der Waals surface area (Å²) in [5, 5.41) is 3.26. The van der Waals surface area contributed by atoms with Crippen LogP contribution >= 0.6 is 0 Å². The van der Waals surface area contributed by atoms with E-state index in [0.29, 0.717) is 32.7 Å². The fraction of sp³-hybridized carbons (Fsp3) is 0.462. The number of carbonyl (C=O) groups excluding carboxylic acids is 2. The number of hydrazine groups is 1. The number of nitrogens with zero attached hydrogens (tertiary/aromatic N) is 3. The Hall–Kier alpha value is -2.70. The Bertz CT molecular complexity index is 886. The van der Waals surface area contributed by atoms with Crippen LogP contribution in [0, 0.1) is 5.92 Å². The van der Waals surface area contributed by atoms with E-state index in [-0.39, 0.29) is 29.7 Å². The second-order valence-corrected chi connectivity index (χ2v) is 9.09. The average Bonchev–Trinajstić information content (AvgIpc) is 3.02. The molecule has 1 fully saturated rings. The molecule has 0 saturated carbocycles. The molecule has 172 valence electrons. The third kappa shape index (κ3) is 5.96. The maximum absolute atomic E-state index is 13.3. The molecule has 2 amide bonds. The summed E-state index contributed by atoms with van der Waals surface area (Å²) in [5.41, 5.74) is 1.84. The fourth-order valence-electron chi connectivity index (χ4n) is 4.39. The largest absolute Gasteiger partial charge is 0.376 e. The molecule has 1 aliphatic heterocycles. The molecule has 0 bridgehead atoms. The number of anilines is 1. The van der Waals surface area contributed by atoms with Gasteiger partial charge in [0.1, 0.15) is 0 Å². The van der Waals surface area contributed by atoms with E-state index in [0.717, 1.165) is 11.3 Å². The van der Waals surface area contributed by atoms with Crippen molar-refractivity contribution in [3.63, 3.8) is 0 Å². The quantitative estimate of drug-likeness (QED) is 0.560. The molecule has 1 aliphatic rings. The van der Waals surface area contributed by atoms with Gasteiger partial charge in [-0.3, -0.25) is 9.59 Å². The van der Waals surface area contributed by atoms with Gasteiger partial charge in [-0.15, -0.1) is 0 Å². The third-order valence-electron chi connectivity index (χ3n) is 5.95. The summed E-state index contributed by atoms with van der Waals surface area (Å²) in [6.45, 7) is 8.19. The van der Waals surface area contributed by atoms with Crippen molar-refractivity contribution in [1.82, 2.24) is 10.0 Å². The smallest absolute Gasteiger partial charge is 0.245 e. The molecule has 0 radical (unpaired) electrons. The highest BCUT2D eigenvalue weighted by molar-refractivity contribution is 5.96. The van der Waals surface area contributed by atoms with E-state index < -0.39 is 0 Å². The van der Waals surface area contributed by atoms with Crippen molar-refractivity contribution in [2.24, 2.45) is 5.92 Å². The minimum absolute atomic E-state index is 0.0494. The lowest BCUT2D eigenvalue weighted by Gasteiger charge is -2.35. The SMILES string of the molecule is CCN1N(C(=O)C[C@H](COCc2ccccc2)CN(C)c2ccccc2)C(=O)CC1(C)C. The van der Waals surface area contributed by atoms with Gasteiger partial charge in [0.05, 0.1) is 13.2 Å². The Kier molecular flexibility index (Phi) is 8.04. The van der Waals surface area contributed by atoms with E-state index in [9.17, 15) is 9.59 Å². The highest BCUT2D eigenvalue weighted by atomic mass is 16.5. The van der Waals surface area contributed by atoms with E-state index in [2.05, 4.69) is 17.0 Å². The van der Waals surface area contributed by atoms with Gasteiger partial charge in [-0.25, -0.2) is 10.0 Å². The molecule has 1 saturated heterocycles. The van der Waals surface area contributed by atoms with Gasteiger partial charge < -0.3 is 9.64 Å². The minimum Gasteiger partial charge on any atom is -0.376 e. The van der Waals surface area contributed by atoms with Gasteiger partial charge in [-0.1, -0.05) is 55.5 Å². The van der Waals surface area contributed by atoms with E-state index in [4.69, 9.17) is 4.74 Å². The molecule has 0 spiro atoms. The summed E-state index contributed by atoms with van der Waals surface area (Å²) in [4.78, 5) is 28.0. The van der Waals surface area contributed by atoms with E-state index in [1.165, 1.54) is 5.01 Å². The fourth-order valence-corrected chi connectivity index (χ4v) is 4.39. The summed E-state index contributed by atoms with van der Waals surface area (Å²) in [5.74, 6) is -0.328. The number of hydrogen-bond acceptors (Lipinski definition) is 5. The first kappa shape index (κ1) is 24.0. The molecule has 0 N–H and O–H groups in total. The van der Waals surface area contributed by atoms with Crippen LogP contribution < -0.4 is 4.90 Å². The lowest BCUT2D eigenvalue weighted by molar-refractivity contribution is -0.160. The number of amides is 2. The molecular weight excluding hydrogens is 402 g/mol. The number of imide groups is 1. The molecule has 2 aromatic carbocycles.